The molecule has 1 aliphatic rings. The molecule has 2 N–H and O–H groups in total. The number of likely N-dealkylation sites (tertiary alicyclic amines) is 1. The first-order valence-corrected chi connectivity index (χ1v) is 10.5. The van der Waals surface area contributed by atoms with Crippen molar-refractivity contribution in [1.29, 1.82) is 0 Å². The van der Waals surface area contributed by atoms with Crippen molar-refractivity contribution in [3.63, 3.8) is 0 Å². The number of methoxy groups -OCH3 is 1. The van der Waals surface area contributed by atoms with E-state index in [1.165, 1.54) is 0 Å². The summed E-state index contributed by atoms with van der Waals surface area (Å²) in [6.07, 6.45) is -1.60. The largest absolute Gasteiger partial charge is 0.497 e. The quantitative estimate of drug-likeness (QED) is 0.572. The number of carboxylic acids is 1. The lowest BCUT2D eigenvalue weighted by molar-refractivity contribution is -0.192. The first-order valence-electron chi connectivity index (χ1n) is 10.5. The van der Waals surface area contributed by atoms with Gasteiger partial charge in [-0.15, -0.1) is 0 Å². The van der Waals surface area contributed by atoms with Gasteiger partial charge in [0.15, 0.2) is 0 Å². The predicted octanol–water partition coefficient (Wildman–Crippen LogP) is 4.06. The van der Waals surface area contributed by atoms with Gasteiger partial charge in [-0.3, -0.25) is 14.6 Å². The van der Waals surface area contributed by atoms with Gasteiger partial charge < -0.3 is 19.7 Å². The number of halogens is 3. The van der Waals surface area contributed by atoms with Crippen molar-refractivity contribution in [3.8, 4) is 17.0 Å². The van der Waals surface area contributed by atoms with Gasteiger partial charge in [0.05, 0.1) is 18.8 Å². The fourth-order valence-corrected chi connectivity index (χ4v) is 3.63. The molecule has 184 valence electrons. The summed E-state index contributed by atoms with van der Waals surface area (Å²) < 4.78 is 36.9. The Morgan fingerprint density at radius 3 is 2.34 bits per heavy atom. The summed E-state index contributed by atoms with van der Waals surface area (Å²) in [4.78, 5) is 43.5. The Morgan fingerprint density at radius 2 is 1.80 bits per heavy atom. The maximum Gasteiger partial charge on any atom is 0.490 e. The summed E-state index contributed by atoms with van der Waals surface area (Å²) in [5.41, 5.74) is 2.14. The number of H-pyrrole nitrogens is 1. The summed E-state index contributed by atoms with van der Waals surface area (Å²) in [6.45, 7) is 0.625. The zero-order valence-electron chi connectivity index (χ0n) is 18.6. The molecule has 1 atom stereocenters. The topological polar surface area (TPSA) is 113 Å². The highest BCUT2D eigenvalue weighted by molar-refractivity contribution is 5.94. The summed E-state index contributed by atoms with van der Waals surface area (Å²) in [7, 11) is 1.61. The van der Waals surface area contributed by atoms with Crippen molar-refractivity contribution >= 4 is 11.9 Å². The molecule has 0 radical (unpaired) electrons. The summed E-state index contributed by atoms with van der Waals surface area (Å²) in [5, 5.41) is 7.12. The predicted molar refractivity (Wildman–Crippen MR) is 120 cm³/mol. The van der Waals surface area contributed by atoms with Crippen LogP contribution in [0.25, 0.3) is 11.3 Å². The van der Waals surface area contributed by atoms with Gasteiger partial charge in [0, 0.05) is 18.4 Å². The Bertz CT molecular complexity index is 1230. The van der Waals surface area contributed by atoms with Gasteiger partial charge in [-0.2, -0.15) is 13.2 Å². The van der Waals surface area contributed by atoms with E-state index in [0.717, 1.165) is 29.8 Å². The lowest BCUT2D eigenvalue weighted by atomic mass is 10.1. The van der Waals surface area contributed by atoms with Crippen LogP contribution in [0.4, 0.5) is 13.2 Å². The van der Waals surface area contributed by atoms with Crippen molar-refractivity contribution in [1.82, 2.24) is 14.9 Å². The fraction of sp³-hybridized carbons (Fsp3) is 0.250. The third-order valence-electron chi connectivity index (χ3n) is 5.33. The number of aromatic amines is 1. The number of ether oxygens (including phenoxy) is 1. The van der Waals surface area contributed by atoms with E-state index in [9.17, 15) is 22.8 Å². The standard InChI is InChI=1S/C22H21N3O3.C2HF3O2/c1-28-16-9-7-15(8-10-16)18-12-11-17(21(26)24-18)22(27)25-14-4-6-20(25)19-5-2-3-13-23-19;3-2(4,5)1(6)7/h2-3,5,7-13,20H,4,6,14H2,1H3,(H,24,26);(H,6,7). The van der Waals surface area contributed by atoms with Crippen LogP contribution in [0.2, 0.25) is 0 Å². The second kappa shape index (κ2) is 10.9. The molecule has 1 amide bonds. The lowest BCUT2D eigenvalue weighted by Crippen LogP contribution is -2.34. The normalized spacial score (nSPS) is 15.2. The molecule has 0 spiro atoms. The molecule has 3 aromatic rings. The van der Waals surface area contributed by atoms with E-state index in [-0.39, 0.29) is 23.1 Å². The molecule has 11 heteroatoms. The Kier molecular flexibility index (Phi) is 7.90. The van der Waals surface area contributed by atoms with Crippen LogP contribution < -0.4 is 10.3 Å². The number of aromatic nitrogens is 2. The number of rotatable bonds is 4. The molecular weight excluding hydrogens is 467 g/mol. The number of carbonyl (C=O) groups excluding carboxylic acids is 1. The minimum absolute atomic E-state index is 0.0886. The smallest absolute Gasteiger partial charge is 0.490 e. The Labute approximate surface area is 198 Å². The lowest BCUT2D eigenvalue weighted by Gasteiger charge is -2.24. The molecular formula is C24H22F3N3O5. The van der Waals surface area contributed by atoms with Crippen LogP contribution in [0, 0.1) is 0 Å². The zero-order valence-corrected chi connectivity index (χ0v) is 18.6. The Balaban J connectivity index is 0.000000429. The van der Waals surface area contributed by atoms with E-state index in [0.29, 0.717) is 12.2 Å². The monoisotopic (exact) mass is 489 g/mol. The van der Waals surface area contributed by atoms with E-state index in [2.05, 4.69) is 9.97 Å². The number of nitrogens with zero attached hydrogens (tertiary/aromatic N) is 2. The van der Waals surface area contributed by atoms with E-state index >= 15 is 0 Å². The van der Waals surface area contributed by atoms with Crippen molar-refractivity contribution < 1.29 is 32.6 Å². The van der Waals surface area contributed by atoms with Crippen molar-refractivity contribution in [2.75, 3.05) is 13.7 Å². The number of carboxylic acid groups (broad SMARTS) is 1. The molecule has 8 nitrogen and oxygen atoms in total. The SMILES string of the molecule is COc1ccc(-c2ccc(C(=O)N3CCCC3c3ccccn3)c(=O)[nH]2)cc1.O=C(O)C(F)(F)F. The van der Waals surface area contributed by atoms with E-state index in [1.807, 2.05) is 42.5 Å². The van der Waals surface area contributed by atoms with Gasteiger partial charge in [-0.05, 0) is 66.9 Å². The highest BCUT2D eigenvalue weighted by Crippen LogP contribution is 2.31. The van der Waals surface area contributed by atoms with Gasteiger partial charge in [-0.25, -0.2) is 4.79 Å². The average molecular weight is 489 g/mol. The number of benzene rings is 1. The summed E-state index contributed by atoms with van der Waals surface area (Å²) >= 11 is 0. The van der Waals surface area contributed by atoms with Crippen LogP contribution in [0.1, 0.15) is 34.9 Å². The summed E-state index contributed by atoms with van der Waals surface area (Å²) in [6, 6.07) is 16.4. The maximum absolute atomic E-state index is 13.0. The highest BCUT2D eigenvalue weighted by atomic mass is 19.4. The molecule has 0 bridgehead atoms. The minimum Gasteiger partial charge on any atom is -0.497 e. The van der Waals surface area contributed by atoms with E-state index in [1.54, 1.807) is 30.3 Å². The summed E-state index contributed by atoms with van der Waals surface area (Å²) in [5.74, 6) is -2.27. The third-order valence-corrected chi connectivity index (χ3v) is 5.33. The van der Waals surface area contributed by atoms with Crippen LogP contribution in [0.3, 0.4) is 0 Å². The van der Waals surface area contributed by atoms with Crippen molar-refractivity contribution in [3.05, 3.63) is 82.4 Å². The molecule has 1 unspecified atom stereocenters. The molecule has 4 rings (SSSR count). The molecule has 3 heterocycles. The first kappa shape index (κ1) is 25.5. The number of hydrogen-bond acceptors (Lipinski definition) is 5. The Morgan fingerprint density at radius 1 is 1.11 bits per heavy atom. The second-order valence-electron chi connectivity index (χ2n) is 7.56. The van der Waals surface area contributed by atoms with Gasteiger partial charge in [0.2, 0.25) is 0 Å². The molecule has 1 fully saturated rings. The van der Waals surface area contributed by atoms with E-state index < -0.39 is 12.1 Å². The van der Waals surface area contributed by atoms with Crippen LogP contribution in [-0.2, 0) is 4.79 Å². The fourth-order valence-electron chi connectivity index (χ4n) is 3.63. The number of nitrogens with one attached hydrogen (secondary N) is 1. The zero-order chi connectivity index (χ0) is 25.6. The second-order valence-corrected chi connectivity index (χ2v) is 7.56. The molecule has 0 aliphatic carbocycles. The van der Waals surface area contributed by atoms with Gasteiger partial charge in [0.1, 0.15) is 11.3 Å². The average Bonchev–Trinajstić information content (AvgIpc) is 3.34. The Hall–Kier alpha value is -4.15. The maximum atomic E-state index is 13.0. The molecule has 1 aromatic carbocycles. The van der Waals surface area contributed by atoms with Crippen LogP contribution in [0.15, 0.2) is 65.6 Å². The number of hydrogen-bond donors (Lipinski definition) is 2. The number of aliphatic carboxylic acids is 1. The first-order chi connectivity index (χ1) is 16.6. The number of pyridine rings is 2. The number of alkyl halides is 3. The van der Waals surface area contributed by atoms with Gasteiger partial charge in [0.25, 0.3) is 11.5 Å². The molecule has 35 heavy (non-hydrogen) atoms. The van der Waals surface area contributed by atoms with Crippen LogP contribution in [0.5, 0.6) is 5.75 Å². The van der Waals surface area contributed by atoms with Crippen molar-refractivity contribution in [2.45, 2.75) is 25.1 Å². The van der Waals surface area contributed by atoms with Gasteiger partial charge in [-0.1, -0.05) is 6.07 Å². The van der Waals surface area contributed by atoms with Gasteiger partial charge >= 0.3 is 12.1 Å². The van der Waals surface area contributed by atoms with E-state index in [4.69, 9.17) is 14.6 Å². The molecule has 2 aromatic heterocycles. The van der Waals surface area contributed by atoms with Crippen LogP contribution >= 0.6 is 0 Å². The highest BCUT2D eigenvalue weighted by Gasteiger charge is 2.38. The molecule has 1 aliphatic heterocycles. The minimum atomic E-state index is -5.08. The number of amides is 1. The van der Waals surface area contributed by atoms with Crippen molar-refractivity contribution in [2.24, 2.45) is 0 Å². The van der Waals surface area contributed by atoms with Crippen LogP contribution in [-0.4, -0.2) is 51.7 Å². The molecule has 0 saturated carbocycles. The number of carbonyl (C=O) groups is 2. The third kappa shape index (κ3) is 6.25. The molecule has 1 saturated heterocycles.